The van der Waals surface area contributed by atoms with Gasteiger partial charge in [-0.3, -0.25) is 14.6 Å². The Morgan fingerprint density at radius 1 is 1.06 bits per heavy atom. The molecule has 0 fully saturated rings. The lowest BCUT2D eigenvalue weighted by Gasteiger charge is -2.14. The van der Waals surface area contributed by atoms with Gasteiger partial charge in [-0.05, 0) is 37.6 Å². The molecule has 0 amide bonds. The zero-order valence-electron chi connectivity index (χ0n) is 18.5. The number of aromatic nitrogens is 4. The monoisotopic (exact) mass is 509 g/mol. The standard InChI is InChI=1S/C24H17Cl2N5O4/c1-13-3-5-15(6-4-13)11-30-12-17(7-14(2)23(30)33)35-21-18(25)8-16(9-19(21)26)31-24(34)28-22(32)20(10-27)29-31/h3-9,12H,11H2,1-2H3,(H,28,32,34). The molecule has 0 aliphatic carbocycles. The first-order valence-corrected chi connectivity index (χ1v) is 11.0. The Morgan fingerprint density at radius 3 is 2.34 bits per heavy atom. The Balaban J connectivity index is 1.70. The van der Waals surface area contributed by atoms with E-state index in [0.29, 0.717) is 17.9 Å². The molecule has 0 aliphatic rings. The Hall–Kier alpha value is -4.13. The van der Waals surface area contributed by atoms with Crippen LogP contribution in [0.25, 0.3) is 5.69 Å². The number of halogens is 2. The summed E-state index contributed by atoms with van der Waals surface area (Å²) in [4.78, 5) is 38.4. The maximum Gasteiger partial charge on any atom is 0.349 e. The molecule has 0 saturated heterocycles. The summed E-state index contributed by atoms with van der Waals surface area (Å²) in [5, 5.41) is 12.8. The summed E-state index contributed by atoms with van der Waals surface area (Å²) in [6, 6.07) is 13.7. The Kier molecular flexibility index (Phi) is 6.60. The van der Waals surface area contributed by atoms with E-state index in [0.717, 1.165) is 15.8 Å². The normalized spacial score (nSPS) is 10.7. The van der Waals surface area contributed by atoms with Crippen LogP contribution >= 0.6 is 23.2 Å². The van der Waals surface area contributed by atoms with Crippen molar-refractivity contribution in [3.8, 4) is 23.3 Å². The fourth-order valence-electron chi connectivity index (χ4n) is 3.35. The number of hydrogen-bond donors (Lipinski definition) is 1. The highest BCUT2D eigenvalue weighted by atomic mass is 35.5. The average Bonchev–Trinajstić information content (AvgIpc) is 2.81. The number of nitrogens with zero attached hydrogens (tertiary/aromatic N) is 4. The van der Waals surface area contributed by atoms with E-state index in [4.69, 9.17) is 33.2 Å². The zero-order chi connectivity index (χ0) is 25.3. The molecule has 11 heteroatoms. The second-order valence-electron chi connectivity index (χ2n) is 7.75. The van der Waals surface area contributed by atoms with Gasteiger partial charge in [0.1, 0.15) is 11.8 Å². The van der Waals surface area contributed by atoms with Gasteiger partial charge in [0, 0.05) is 5.56 Å². The van der Waals surface area contributed by atoms with Gasteiger partial charge in [0.25, 0.3) is 11.1 Å². The summed E-state index contributed by atoms with van der Waals surface area (Å²) in [6.07, 6.45) is 1.56. The number of nitriles is 1. The number of nitrogens with one attached hydrogen (secondary N) is 1. The number of benzene rings is 2. The van der Waals surface area contributed by atoms with E-state index < -0.39 is 16.9 Å². The third-order valence-corrected chi connectivity index (χ3v) is 5.66. The molecule has 0 unspecified atom stereocenters. The molecule has 0 atom stereocenters. The Labute approximate surface area is 208 Å². The summed E-state index contributed by atoms with van der Waals surface area (Å²) < 4.78 is 8.24. The molecule has 0 radical (unpaired) electrons. The smallest absolute Gasteiger partial charge is 0.349 e. The topological polar surface area (TPSA) is 123 Å². The van der Waals surface area contributed by atoms with E-state index in [1.165, 1.54) is 16.7 Å². The van der Waals surface area contributed by atoms with Crippen molar-refractivity contribution >= 4 is 23.2 Å². The maximum atomic E-state index is 12.7. The average molecular weight is 510 g/mol. The Bertz CT molecular complexity index is 1640. The van der Waals surface area contributed by atoms with Crippen molar-refractivity contribution < 1.29 is 4.74 Å². The molecule has 0 spiro atoms. The van der Waals surface area contributed by atoms with Crippen LogP contribution in [0.2, 0.25) is 10.0 Å². The fourth-order valence-corrected chi connectivity index (χ4v) is 3.90. The molecule has 0 bridgehead atoms. The number of hydrogen-bond acceptors (Lipinski definition) is 6. The lowest BCUT2D eigenvalue weighted by atomic mass is 10.1. The van der Waals surface area contributed by atoms with Gasteiger partial charge in [0.05, 0.1) is 28.5 Å². The molecule has 1 N–H and O–H groups in total. The number of H-pyrrole nitrogens is 1. The minimum Gasteiger partial charge on any atom is -0.453 e. The van der Waals surface area contributed by atoms with E-state index in [1.54, 1.807) is 25.3 Å². The van der Waals surface area contributed by atoms with Crippen LogP contribution in [-0.2, 0) is 6.54 Å². The number of ether oxygens (including phenoxy) is 1. The van der Waals surface area contributed by atoms with Gasteiger partial charge >= 0.3 is 5.69 Å². The molecule has 4 rings (SSSR count). The molecule has 0 aliphatic heterocycles. The van der Waals surface area contributed by atoms with Crippen molar-refractivity contribution in [2.24, 2.45) is 0 Å². The first-order valence-electron chi connectivity index (χ1n) is 10.2. The van der Waals surface area contributed by atoms with Crippen LogP contribution in [0.1, 0.15) is 22.4 Å². The number of rotatable bonds is 5. The van der Waals surface area contributed by atoms with Gasteiger partial charge in [-0.2, -0.15) is 9.94 Å². The number of pyridine rings is 1. The molecule has 0 saturated carbocycles. The van der Waals surface area contributed by atoms with Crippen molar-refractivity contribution in [1.82, 2.24) is 19.3 Å². The van der Waals surface area contributed by atoms with E-state index in [1.807, 2.05) is 36.2 Å². The zero-order valence-corrected chi connectivity index (χ0v) is 20.0. The summed E-state index contributed by atoms with van der Waals surface area (Å²) in [6.45, 7) is 4.01. The van der Waals surface area contributed by atoms with Crippen LogP contribution in [0.5, 0.6) is 11.5 Å². The predicted molar refractivity (Wildman–Crippen MR) is 131 cm³/mol. The molecule has 9 nitrogen and oxygen atoms in total. The molecular weight excluding hydrogens is 493 g/mol. The molecular formula is C24H17Cl2N5O4. The SMILES string of the molecule is Cc1ccc(Cn2cc(Oc3c(Cl)cc(-n4nc(C#N)c(=O)[nH]c4=O)cc3Cl)cc(C)c2=O)cc1. The molecule has 2 aromatic carbocycles. The first kappa shape index (κ1) is 24.0. The molecule has 35 heavy (non-hydrogen) atoms. The summed E-state index contributed by atoms with van der Waals surface area (Å²) in [5.41, 5.74) is 0.217. The third-order valence-electron chi connectivity index (χ3n) is 5.09. The highest BCUT2D eigenvalue weighted by molar-refractivity contribution is 6.37. The van der Waals surface area contributed by atoms with Gasteiger partial charge in [-0.15, -0.1) is 5.10 Å². The van der Waals surface area contributed by atoms with E-state index in [9.17, 15) is 14.4 Å². The van der Waals surface area contributed by atoms with Gasteiger partial charge in [-0.25, -0.2) is 4.79 Å². The summed E-state index contributed by atoms with van der Waals surface area (Å²) >= 11 is 12.8. The van der Waals surface area contributed by atoms with Crippen LogP contribution in [0.15, 0.2) is 63.0 Å². The highest BCUT2D eigenvalue weighted by Crippen LogP contribution is 2.38. The largest absolute Gasteiger partial charge is 0.453 e. The molecule has 2 aromatic heterocycles. The lowest BCUT2D eigenvalue weighted by molar-refractivity contribution is 0.473. The van der Waals surface area contributed by atoms with Gasteiger partial charge in [0.2, 0.25) is 5.69 Å². The van der Waals surface area contributed by atoms with Crippen molar-refractivity contribution in [3.05, 3.63) is 112 Å². The number of aryl methyl sites for hydroxylation is 2. The second kappa shape index (κ2) is 9.62. The van der Waals surface area contributed by atoms with Crippen LogP contribution < -0.4 is 21.5 Å². The lowest BCUT2D eigenvalue weighted by Crippen LogP contribution is -2.33. The number of aromatic amines is 1. The highest BCUT2D eigenvalue weighted by Gasteiger charge is 2.16. The first-order chi connectivity index (χ1) is 16.7. The van der Waals surface area contributed by atoms with Crippen LogP contribution in [0, 0.1) is 25.2 Å². The van der Waals surface area contributed by atoms with Gasteiger partial charge in [-0.1, -0.05) is 53.0 Å². The Morgan fingerprint density at radius 2 is 1.71 bits per heavy atom. The van der Waals surface area contributed by atoms with Gasteiger partial charge in [0.15, 0.2) is 5.75 Å². The van der Waals surface area contributed by atoms with Crippen molar-refractivity contribution in [3.63, 3.8) is 0 Å². The second-order valence-corrected chi connectivity index (χ2v) is 8.56. The van der Waals surface area contributed by atoms with Crippen LogP contribution in [-0.4, -0.2) is 19.3 Å². The van der Waals surface area contributed by atoms with Gasteiger partial charge < -0.3 is 9.30 Å². The van der Waals surface area contributed by atoms with E-state index in [-0.39, 0.29) is 27.0 Å². The summed E-state index contributed by atoms with van der Waals surface area (Å²) in [7, 11) is 0. The van der Waals surface area contributed by atoms with Crippen LogP contribution in [0.3, 0.4) is 0 Å². The minimum absolute atomic E-state index is 0.0415. The molecule has 2 heterocycles. The summed E-state index contributed by atoms with van der Waals surface area (Å²) in [5.74, 6) is 0.423. The predicted octanol–water partition coefficient (Wildman–Crippen LogP) is 3.72. The van der Waals surface area contributed by atoms with Crippen molar-refractivity contribution in [1.29, 1.82) is 5.26 Å². The van der Waals surface area contributed by atoms with E-state index in [2.05, 4.69) is 5.10 Å². The molecule has 176 valence electrons. The van der Waals surface area contributed by atoms with Crippen LogP contribution in [0.4, 0.5) is 0 Å². The van der Waals surface area contributed by atoms with Crippen molar-refractivity contribution in [2.45, 2.75) is 20.4 Å². The third kappa shape index (κ3) is 5.04. The van der Waals surface area contributed by atoms with E-state index >= 15 is 0 Å². The maximum absolute atomic E-state index is 12.7. The minimum atomic E-state index is -0.901. The van der Waals surface area contributed by atoms with Crippen molar-refractivity contribution in [2.75, 3.05) is 0 Å². The molecule has 4 aromatic rings. The fraction of sp³-hybridized carbons (Fsp3) is 0.125. The quantitative estimate of drug-likeness (QED) is 0.437.